The largest absolute Gasteiger partial charge is 0.386 e. The summed E-state index contributed by atoms with van der Waals surface area (Å²) >= 11 is 0. The lowest BCUT2D eigenvalue weighted by atomic mass is 10.1. The Labute approximate surface area is 137 Å². The third-order valence-corrected chi connectivity index (χ3v) is 3.60. The first kappa shape index (κ1) is 15.8. The molecule has 0 radical (unpaired) electrons. The van der Waals surface area contributed by atoms with Crippen molar-refractivity contribution in [3.05, 3.63) is 48.2 Å². The molecule has 0 aliphatic rings. The second-order valence-corrected chi connectivity index (χ2v) is 5.15. The minimum absolute atomic E-state index is 0.0937. The van der Waals surface area contributed by atoms with Gasteiger partial charge in [0.15, 0.2) is 5.65 Å². The van der Waals surface area contributed by atoms with Crippen LogP contribution in [0.25, 0.3) is 11.0 Å². The number of nitrogens with one attached hydrogen (secondary N) is 1. The summed E-state index contributed by atoms with van der Waals surface area (Å²) in [6, 6.07) is 8.15. The van der Waals surface area contributed by atoms with Gasteiger partial charge in [0.25, 0.3) is 0 Å². The van der Waals surface area contributed by atoms with E-state index in [2.05, 4.69) is 26.5 Å². The molecule has 2 aromatic heterocycles. The smallest absolute Gasteiger partial charge is 0.163 e. The minimum Gasteiger partial charge on any atom is -0.386 e. The fourth-order valence-corrected chi connectivity index (χ4v) is 2.40. The number of aliphatic hydroxyl groups excluding tert-OH is 1. The molecule has 0 amide bonds. The Morgan fingerprint density at radius 1 is 1.33 bits per heavy atom. The predicted molar refractivity (Wildman–Crippen MR) is 85.4 cm³/mol. The number of aryl methyl sites for hydroxylation is 1. The van der Waals surface area contributed by atoms with Crippen LogP contribution in [-0.2, 0) is 6.54 Å². The molecule has 0 aliphatic carbocycles. The van der Waals surface area contributed by atoms with E-state index >= 15 is 0 Å². The standard InChI is InChI=1S/C16H15FN6O/c17-13-5-2-1-4-11(13)14(24)9-19-15-12-8-22-23(7-3-6-18)16(12)21-10-20-15/h1-2,4-5,8,10,14,24H,3,7,9H2,(H,19,20,21)/t14-/m1/s1. The lowest BCUT2D eigenvalue weighted by molar-refractivity contribution is 0.186. The van der Waals surface area contributed by atoms with E-state index in [0.29, 0.717) is 29.8 Å². The van der Waals surface area contributed by atoms with Gasteiger partial charge in [0.2, 0.25) is 0 Å². The highest BCUT2D eigenvalue weighted by Gasteiger charge is 2.14. The minimum atomic E-state index is -1.01. The molecule has 2 heterocycles. The molecule has 0 saturated heterocycles. The Morgan fingerprint density at radius 2 is 2.17 bits per heavy atom. The Hall–Kier alpha value is -3.05. The van der Waals surface area contributed by atoms with Gasteiger partial charge in [-0.1, -0.05) is 18.2 Å². The zero-order valence-electron chi connectivity index (χ0n) is 12.7. The quantitative estimate of drug-likeness (QED) is 0.719. The molecule has 0 bridgehead atoms. The van der Waals surface area contributed by atoms with Crippen molar-refractivity contribution < 1.29 is 9.50 Å². The van der Waals surface area contributed by atoms with Crippen LogP contribution in [0.2, 0.25) is 0 Å². The highest BCUT2D eigenvalue weighted by atomic mass is 19.1. The van der Waals surface area contributed by atoms with Crippen LogP contribution >= 0.6 is 0 Å². The third kappa shape index (κ3) is 3.16. The van der Waals surface area contributed by atoms with Crippen molar-refractivity contribution in [2.24, 2.45) is 0 Å². The molecule has 7 nitrogen and oxygen atoms in total. The summed E-state index contributed by atoms with van der Waals surface area (Å²) in [5, 5.41) is 26.7. The van der Waals surface area contributed by atoms with Crippen molar-refractivity contribution in [3.8, 4) is 6.07 Å². The van der Waals surface area contributed by atoms with Crippen molar-refractivity contribution in [1.82, 2.24) is 19.7 Å². The molecule has 122 valence electrons. The number of anilines is 1. The van der Waals surface area contributed by atoms with Crippen LogP contribution in [0.15, 0.2) is 36.8 Å². The molecule has 8 heteroatoms. The van der Waals surface area contributed by atoms with E-state index < -0.39 is 11.9 Å². The van der Waals surface area contributed by atoms with Crippen molar-refractivity contribution >= 4 is 16.9 Å². The maximum Gasteiger partial charge on any atom is 0.163 e. The van der Waals surface area contributed by atoms with Gasteiger partial charge in [-0.25, -0.2) is 19.0 Å². The van der Waals surface area contributed by atoms with Crippen molar-refractivity contribution in [2.75, 3.05) is 11.9 Å². The molecule has 24 heavy (non-hydrogen) atoms. The molecule has 0 unspecified atom stereocenters. The Kier molecular flexibility index (Phi) is 4.63. The first-order valence-electron chi connectivity index (χ1n) is 7.40. The Morgan fingerprint density at radius 3 is 2.96 bits per heavy atom. The molecule has 2 N–H and O–H groups in total. The molecule has 0 aliphatic heterocycles. The fourth-order valence-electron chi connectivity index (χ4n) is 2.40. The normalized spacial score (nSPS) is 12.0. The van der Waals surface area contributed by atoms with E-state index in [1.807, 2.05) is 0 Å². The van der Waals surface area contributed by atoms with Crippen LogP contribution in [0.5, 0.6) is 0 Å². The van der Waals surface area contributed by atoms with Crippen LogP contribution in [0.1, 0.15) is 18.1 Å². The summed E-state index contributed by atoms with van der Waals surface area (Å²) in [6.45, 7) is 0.532. The van der Waals surface area contributed by atoms with E-state index in [9.17, 15) is 9.50 Å². The first-order chi connectivity index (χ1) is 11.7. The summed E-state index contributed by atoms with van der Waals surface area (Å²) in [5.74, 6) is 0.0440. The van der Waals surface area contributed by atoms with Gasteiger partial charge in [0.05, 0.1) is 36.7 Å². The van der Waals surface area contributed by atoms with Gasteiger partial charge in [-0.2, -0.15) is 10.4 Å². The van der Waals surface area contributed by atoms with Gasteiger partial charge >= 0.3 is 0 Å². The number of hydrogen-bond donors (Lipinski definition) is 2. The van der Waals surface area contributed by atoms with Gasteiger partial charge in [0.1, 0.15) is 18.0 Å². The SMILES string of the molecule is N#CCCn1ncc2c(NC[C@@H](O)c3ccccc3F)ncnc21. The molecule has 1 atom stereocenters. The Balaban J connectivity index is 1.77. The average molecular weight is 326 g/mol. The molecule has 3 aromatic rings. The molecule has 1 aromatic carbocycles. The monoisotopic (exact) mass is 326 g/mol. The highest BCUT2D eigenvalue weighted by molar-refractivity contribution is 5.86. The zero-order chi connectivity index (χ0) is 16.9. The van der Waals surface area contributed by atoms with Gasteiger partial charge in [-0.15, -0.1) is 0 Å². The molecule has 0 saturated carbocycles. The van der Waals surface area contributed by atoms with Gasteiger partial charge in [0, 0.05) is 12.1 Å². The molecule has 3 rings (SSSR count). The van der Waals surface area contributed by atoms with Gasteiger partial charge < -0.3 is 10.4 Å². The number of nitrogens with zero attached hydrogens (tertiary/aromatic N) is 5. The summed E-state index contributed by atoms with van der Waals surface area (Å²) in [4.78, 5) is 8.31. The number of fused-ring (bicyclic) bond motifs is 1. The average Bonchev–Trinajstić information content (AvgIpc) is 3.02. The van der Waals surface area contributed by atoms with Crippen molar-refractivity contribution in [1.29, 1.82) is 5.26 Å². The zero-order valence-corrected chi connectivity index (χ0v) is 12.7. The first-order valence-corrected chi connectivity index (χ1v) is 7.40. The highest BCUT2D eigenvalue weighted by Crippen LogP contribution is 2.21. The van der Waals surface area contributed by atoms with Crippen LogP contribution < -0.4 is 5.32 Å². The van der Waals surface area contributed by atoms with Crippen LogP contribution in [0.3, 0.4) is 0 Å². The second kappa shape index (κ2) is 7.02. The topological polar surface area (TPSA) is 99.7 Å². The maximum atomic E-state index is 13.7. The number of aromatic nitrogens is 4. The summed E-state index contributed by atoms with van der Waals surface area (Å²) < 4.78 is 15.3. The fraction of sp³-hybridized carbons (Fsp3) is 0.250. The molecular formula is C16H15FN6O. The lowest BCUT2D eigenvalue weighted by Gasteiger charge is -2.13. The summed E-state index contributed by atoms with van der Waals surface area (Å²) in [5.41, 5.74) is 0.822. The van der Waals surface area contributed by atoms with E-state index in [1.54, 1.807) is 23.0 Å². The van der Waals surface area contributed by atoms with E-state index in [4.69, 9.17) is 5.26 Å². The number of nitriles is 1. The van der Waals surface area contributed by atoms with Gasteiger partial charge in [-0.3, -0.25) is 0 Å². The summed E-state index contributed by atoms with van der Waals surface area (Å²) in [7, 11) is 0. The molecule has 0 spiro atoms. The van der Waals surface area contributed by atoms with E-state index in [0.717, 1.165) is 0 Å². The van der Waals surface area contributed by atoms with E-state index in [1.165, 1.54) is 18.5 Å². The maximum absolute atomic E-state index is 13.7. The van der Waals surface area contributed by atoms with Crippen molar-refractivity contribution in [2.45, 2.75) is 19.1 Å². The number of hydrogen-bond acceptors (Lipinski definition) is 6. The third-order valence-electron chi connectivity index (χ3n) is 3.60. The lowest BCUT2D eigenvalue weighted by Crippen LogP contribution is -2.14. The molecule has 0 fully saturated rings. The number of rotatable bonds is 6. The van der Waals surface area contributed by atoms with E-state index in [-0.39, 0.29) is 12.1 Å². The second-order valence-electron chi connectivity index (χ2n) is 5.15. The summed E-state index contributed by atoms with van der Waals surface area (Å²) in [6.07, 6.45) is 2.30. The number of benzene rings is 1. The Bertz CT molecular complexity index is 888. The number of halogens is 1. The van der Waals surface area contributed by atoms with Crippen LogP contribution in [-0.4, -0.2) is 31.4 Å². The van der Waals surface area contributed by atoms with Crippen LogP contribution in [0.4, 0.5) is 10.2 Å². The predicted octanol–water partition coefficient (Wildman–Crippen LogP) is 2.02. The molecular weight excluding hydrogens is 311 g/mol. The number of aliphatic hydroxyl groups is 1. The van der Waals surface area contributed by atoms with Crippen molar-refractivity contribution in [3.63, 3.8) is 0 Å². The van der Waals surface area contributed by atoms with Gasteiger partial charge in [-0.05, 0) is 6.07 Å². The van der Waals surface area contributed by atoms with Crippen LogP contribution in [0, 0.1) is 17.1 Å².